The van der Waals surface area contributed by atoms with Gasteiger partial charge in [-0.15, -0.1) is 0 Å². The number of aromatic nitrogens is 5. The van der Waals surface area contributed by atoms with Gasteiger partial charge in [-0.1, -0.05) is 22.4 Å². The van der Waals surface area contributed by atoms with E-state index in [1.54, 1.807) is 43.6 Å². The number of benzene rings is 1. The summed E-state index contributed by atoms with van der Waals surface area (Å²) in [5.74, 6) is 0.188. The highest BCUT2D eigenvalue weighted by Gasteiger charge is 2.13. The van der Waals surface area contributed by atoms with Gasteiger partial charge in [0.25, 0.3) is 0 Å². The molecule has 3 aromatic heterocycles. The monoisotopic (exact) mass is 409 g/mol. The predicted octanol–water partition coefficient (Wildman–Crippen LogP) is 2.71. The SMILES string of the molecule is Cc1ccc(-c2noc(CCC(=O)NNc3nc(-c4ccncc4)no3)n2)cc1F. The van der Waals surface area contributed by atoms with E-state index in [-0.39, 0.29) is 42.3 Å². The molecule has 1 aromatic carbocycles. The normalized spacial score (nSPS) is 10.7. The Morgan fingerprint density at radius 3 is 2.60 bits per heavy atom. The molecule has 30 heavy (non-hydrogen) atoms. The summed E-state index contributed by atoms with van der Waals surface area (Å²) in [7, 11) is 0. The van der Waals surface area contributed by atoms with Gasteiger partial charge in [-0.3, -0.25) is 15.2 Å². The highest BCUT2D eigenvalue weighted by molar-refractivity contribution is 5.77. The molecule has 0 aliphatic heterocycles. The van der Waals surface area contributed by atoms with Gasteiger partial charge >= 0.3 is 6.01 Å². The van der Waals surface area contributed by atoms with Crippen molar-refractivity contribution in [1.29, 1.82) is 0 Å². The van der Waals surface area contributed by atoms with Crippen molar-refractivity contribution in [1.82, 2.24) is 30.7 Å². The van der Waals surface area contributed by atoms with Gasteiger partial charge in [-0.05, 0) is 30.7 Å². The number of anilines is 1. The Bertz CT molecular complexity index is 1160. The molecule has 1 amide bonds. The Labute approximate surface area is 169 Å². The van der Waals surface area contributed by atoms with E-state index in [0.29, 0.717) is 17.0 Å². The van der Waals surface area contributed by atoms with Gasteiger partial charge in [0.2, 0.25) is 23.4 Å². The molecule has 0 unspecified atom stereocenters. The zero-order valence-electron chi connectivity index (χ0n) is 15.8. The Morgan fingerprint density at radius 2 is 1.80 bits per heavy atom. The van der Waals surface area contributed by atoms with Gasteiger partial charge in [0, 0.05) is 36.4 Å². The molecule has 0 bridgehead atoms. The molecule has 0 fully saturated rings. The maximum atomic E-state index is 13.7. The van der Waals surface area contributed by atoms with E-state index in [1.807, 2.05) is 0 Å². The van der Waals surface area contributed by atoms with Gasteiger partial charge in [0.05, 0.1) is 0 Å². The van der Waals surface area contributed by atoms with Crippen LogP contribution in [0.4, 0.5) is 10.4 Å². The molecule has 0 spiro atoms. The third kappa shape index (κ3) is 4.46. The van der Waals surface area contributed by atoms with Crippen LogP contribution in [0.25, 0.3) is 22.8 Å². The third-order valence-electron chi connectivity index (χ3n) is 4.14. The van der Waals surface area contributed by atoms with Crippen molar-refractivity contribution < 1.29 is 18.2 Å². The van der Waals surface area contributed by atoms with E-state index in [2.05, 4.69) is 36.1 Å². The maximum Gasteiger partial charge on any atom is 0.340 e. The molecular formula is C19H16FN7O3. The largest absolute Gasteiger partial charge is 0.340 e. The van der Waals surface area contributed by atoms with Crippen LogP contribution in [0.1, 0.15) is 17.9 Å². The summed E-state index contributed by atoms with van der Waals surface area (Å²) in [4.78, 5) is 24.2. The van der Waals surface area contributed by atoms with Crippen LogP contribution in [0.5, 0.6) is 0 Å². The molecular weight excluding hydrogens is 393 g/mol. The molecule has 0 aliphatic rings. The van der Waals surface area contributed by atoms with E-state index in [9.17, 15) is 9.18 Å². The number of nitrogens with zero attached hydrogens (tertiary/aromatic N) is 5. The molecule has 4 aromatic rings. The Balaban J connectivity index is 1.28. The van der Waals surface area contributed by atoms with E-state index in [4.69, 9.17) is 9.05 Å². The molecule has 0 saturated carbocycles. The minimum absolute atomic E-state index is 0.0386. The Hall–Kier alpha value is -4.15. The minimum atomic E-state index is -0.350. The maximum absolute atomic E-state index is 13.7. The summed E-state index contributed by atoms with van der Waals surface area (Å²) < 4.78 is 23.8. The first-order valence-corrected chi connectivity index (χ1v) is 8.96. The first-order valence-electron chi connectivity index (χ1n) is 8.96. The molecule has 2 N–H and O–H groups in total. The Kier molecular flexibility index (Phi) is 5.42. The lowest BCUT2D eigenvalue weighted by Gasteiger charge is -2.02. The number of amides is 1. The highest BCUT2D eigenvalue weighted by atomic mass is 19.1. The number of hydrogen-bond donors (Lipinski definition) is 2. The molecule has 0 radical (unpaired) electrons. The van der Waals surface area contributed by atoms with E-state index in [0.717, 1.165) is 5.56 Å². The molecule has 152 valence electrons. The smallest absolute Gasteiger partial charge is 0.339 e. The third-order valence-corrected chi connectivity index (χ3v) is 4.14. The van der Waals surface area contributed by atoms with Crippen LogP contribution in [0.3, 0.4) is 0 Å². The summed E-state index contributed by atoms with van der Waals surface area (Å²) in [5, 5.41) is 7.64. The number of carbonyl (C=O) groups is 1. The van der Waals surface area contributed by atoms with E-state index < -0.39 is 0 Å². The molecule has 0 atom stereocenters. The zero-order valence-corrected chi connectivity index (χ0v) is 15.8. The average molecular weight is 409 g/mol. The van der Waals surface area contributed by atoms with Gasteiger partial charge in [-0.25, -0.2) is 9.82 Å². The first-order chi connectivity index (χ1) is 14.6. The fourth-order valence-corrected chi connectivity index (χ4v) is 2.50. The lowest BCUT2D eigenvalue weighted by Crippen LogP contribution is -2.29. The van der Waals surface area contributed by atoms with Crippen molar-refractivity contribution in [3.05, 3.63) is 60.0 Å². The first kappa shape index (κ1) is 19.2. The second-order valence-corrected chi connectivity index (χ2v) is 6.31. The second-order valence-electron chi connectivity index (χ2n) is 6.31. The summed E-state index contributed by atoms with van der Waals surface area (Å²) in [6.07, 6.45) is 3.50. The second kappa shape index (κ2) is 8.47. The molecule has 3 heterocycles. The fraction of sp³-hybridized carbons (Fsp3) is 0.158. The van der Waals surface area contributed by atoms with Gasteiger partial charge in [0.15, 0.2) is 0 Å². The average Bonchev–Trinajstić information content (AvgIpc) is 3.43. The van der Waals surface area contributed by atoms with Gasteiger partial charge < -0.3 is 9.05 Å². The van der Waals surface area contributed by atoms with Gasteiger partial charge in [-0.2, -0.15) is 9.97 Å². The van der Waals surface area contributed by atoms with Crippen molar-refractivity contribution in [2.24, 2.45) is 0 Å². The summed E-state index contributed by atoms with van der Waals surface area (Å²) in [6.45, 7) is 1.67. The lowest BCUT2D eigenvalue weighted by molar-refractivity contribution is -0.120. The fourth-order valence-electron chi connectivity index (χ4n) is 2.50. The van der Waals surface area contributed by atoms with Gasteiger partial charge in [0.1, 0.15) is 5.82 Å². The molecule has 0 aliphatic carbocycles. The number of hydrogen-bond acceptors (Lipinski definition) is 9. The quantitative estimate of drug-likeness (QED) is 0.442. The van der Waals surface area contributed by atoms with Crippen LogP contribution in [-0.4, -0.2) is 31.2 Å². The number of rotatable bonds is 7. The zero-order chi connectivity index (χ0) is 20.9. The summed E-state index contributed by atoms with van der Waals surface area (Å²) in [6, 6.07) is 8.18. The Morgan fingerprint density at radius 1 is 1.03 bits per heavy atom. The predicted molar refractivity (Wildman–Crippen MR) is 102 cm³/mol. The van der Waals surface area contributed by atoms with Crippen LogP contribution >= 0.6 is 0 Å². The number of hydrazine groups is 1. The number of carbonyl (C=O) groups excluding carboxylic acids is 1. The van der Waals surface area contributed by atoms with Crippen LogP contribution in [0, 0.1) is 12.7 Å². The minimum Gasteiger partial charge on any atom is -0.339 e. The molecule has 4 rings (SSSR count). The van der Waals surface area contributed by atoms with E-state index in [1.165, 1.54) is 6.07 Å². The van der Waals surface area contributed by atoms with Crippen molar-refractivity contribution in [3.8, 4) is 22.8 Å². The van der Waals surface area contributed by atoms with Crippen LogP contribution in [-0.2, 0) is 11.2 Å². The summed E-state index contributed by atoms with van der Waals surface area (Å²) in [5.41, 5.74) is 6.76. The molecule has 0 saturated heterocycles. The summed E-state index contributed by atoms with van der Waals surface area (Å²) >= 11 is 0. The van der Waals surface area contributed by atoms with Crippen molar-refractivity contribution >= 4 is 11.9 Å². The standard InChI is InChI=1S/C19H16FN7O3/c1-11-2-3-13(10-14(11)20)18-22-16(29-26-18)5-4-15(28)24-25-19-23-17(27-30-19)12-6-8-21-9-7-12/h2-3,6-10H,4-5H2,1H3,(H,24,28)(H,23,25,27). The van der Waals surface area contributed by atoms with Crippen molar-refractivity contribution in [2.45, 2.75) is 19.8 Å². The van der Waals surface area contributed by atoms with Crippen molar-refractivity contribution in [3.63, 3.8) is 0 Å². The van der Waals surface area contributed by atoms with E-state index >= 15 is 0 Å². The van der Waals surface area contributed by atoms with Crippen LogP contribution < -0.4 is 10.9 Å². The topological polar surface area (TPSA) is 132 Å². The molecule has 11 heteroatoms. The number of halogens is 1. The number of nitrogens with one attached hydrogen (secondary N) is 2. The number of aryl methyl sites for hydroxylation is 2. The van der Waals surface area contributed by atoms with Crippen LogP contribution in [0.2, 0.25) is 0 Å². The lowest BCUT2D eigenvalue weighted by atomic mass is 10.1. The molecule has 10 nitrogen and oxygen atoms in total. The highest BCUT2D eigenvalue weighted by Crippen LogP contribution is 2.19. The van der Waals surface area contributed by atoms with Crippen LogP contribution in [0.15, 0.2) is 51.8 Å². The number of pyridine rings is 1. The van der Waals surface area contributed by atoms with Crippen molar-refractivity contribution in [2.75, 3.05) is 5.43 Å².